The van der Waals surface area contributed by atoms with Crippen LogP contribution in [0.25, 0.3) is 0 Å². The zero-order valence-corrected chi connectivity index (χ0v) is 16.7. The second kappa shape index (κ2) is 9.43. The number of hydrogen-bond acceptors (Lipinski definition) is 5. The molecule has 0 bridgehead atoms. The lowest BCUT2D eigenvalue weighted by molar-refractivity contribution is -0.134. The van der Waals surface area contributed by atoms with Gasteiger partial charge in [-0.2, -0.15) is 0 Å². The lowest BCUT2D eigenvalue weighted by Crippen LogP contribution is -2.51. The van der Waals surface area contributed by atoms with E-state index in [4.69, 9.17) is 21.1 Å². The van der Waals surface area contributed by atoms with Crippen molar-refractivity contribution >= 4 is 29.4 Å². The maximum Gasteiger partial charge on any atom is 0.337 e. The van der Waals surface area contributed by atoms with Gasteiger partial charge in [-0.3, -0.25) is 9.59 Å². The molecule has 0 aromatic heterocycles. The molecule has 1 fully saturated rings. The van der Waals surface area contributed by atoms with E-state index in [2.05, 4.69) is 0 Å². The third-order valence-corrected chi connectivity index (χ3v) is 4.88. The zero-order valence-electron chi connectivity index (χ0n) is 16.0. The van der Waals surface area contributed by atoms with Crippen LogP contribution in [0.1, 0.15) is 20.7 Å². The van der Waals surface area contributed by atoms with E-state index in [1.807, 2.05) is 0 Å². The van der Waals surface area contributed by atoms with E-state index in [-0.39, 0.29) is 18.4 Å². The molecule has 0 atom stereocenters. The summed E-state index contributed by atoms with van der Waals surface area (Å²) in [7, 11) is 1.30. The molecule has 1 saturated heterocycles. The fourth-order valence-corrected chi connectivity index (χ4v) is 3.13. The topological polar surface area (TPSA) is 76.2 Å². The number of rotatable bonds is 5. The zero-order chi connectivity index (χ0) is 20.8. The Kier molecular flexibility index (Phi) is 6.72. The Labute approximate surface area is 173 Å². The second-order valence-electron chi connectivity index (χ2n) is 6.49. The average molecular weight is 417 g/mol. The van der Waals surface area contributed by atoms with Crippen LogP contribution in [0.3, 0.4) is 0 Å². The van der Waals surface area contributed by atoms with Gasteiger partial charge in [0.15, 0.2) is 6.61 Å². The maximum absolute atomic E-state index is 12.7. The van der Waals surface area contributed by atoms with Crippen molar-refractivity contribution < 1.29 is 23.9 Å². The molecule has 2 aromatic rings. The van der Waals surface area contributed by atoms with Crippen LogP contribution in [0, 0.1) is 0 Å². The summed E-state index contributed by atoms with van der Waals surface area (Å²) in [5.74, 6) is -0.238. The molecule has 0 radical (unpaired) electrons. The van der Waals surface area contributed by atoms with E-state index < -0.39 is 5.97 Å². The van der Waals surface area contributed by atoms with Crippen molar-refractivity contribution in [1.82, 2.24) is 9.80 Å². The Hall–Kier alpha value is -3.06. The average Bonchev–Trinajstić information content (AvgIpc) is 2.77. The molecule has 1 aliphatic rings. The molecule has 152 valence electrons. The molecular weight excluding hydrogens is 396 g/mol. The number of carbonyl (C=O) groups excluding carboxylic acids is 3. The molecule has 0 N–H and O–H groups in total. The predicted octanol–water partition coefficient (Wildman–Crippen LogP) is 2.49. The fourth-order valence-electron chi connectivity index (χ4n) is 3.01. The largest absolute Gasteiger partial charge is 0.484 e. The molecule has 3 rings (SSSR count). The first-order valence-electron chi connectivity index (χ1n) is 9.11. The van der Waals surface area contributed by atoms with E-state index in [0.717, 1.165) is 0 Å². The van der Waals surface area contributed by atoms with Gasteiger partial charge >= 0.3 is 5.97 Å². The van der Waals surface area contributed by atoms with Gasteiger partial charge in [0.1, 0.15) is 5.75 Å². The molecule has 1 heterocycles. The number of esters is 1. The summed E-state index contributed by atoms with van der Waals surface area (Å²) in [5, 5.41) is 0.599. The minimum Gasteiger partial charge on any atom is -0.484 e. The first-order valence-corrected chi connectivity index (χ1v) is 9.49. The Morgan fingerprint density at radius 1 is 0.931 bits per heavy atom. The number of benzene rings is 2. The summed E-state index contributed by atoms with van der Waals surface area (Å²) in [6, 6.07) is 13.2. The van der Waals surface area contributed by atoms with E-state index in [1.165, 1.54) is 13.2 Å². The quantitative estimate of drug-likeness (QED) is 0.700. The summed E-state index contributed by atoms with van der Waals surface area (Å²) in [5.41, 5.74) is 0.741. The van der Waals surface area contributed by atoms with Crippen LogP contribution >= 0.6 is 11.6 Å². The van der Waals surface area contributed by atoms with Gasteiger partial charge in [-0.1, -0.05) is 17.7 Å². The first kappa shape index (κ1) is 20.7. The third-order valence-electron chi connectivity index (χ3n) is 4.63. The summed E-state index contributed by atoms with van der Waals surface area (Å²) in [4.78, 5) is 40.1. The molecule has 0 unspecified atom stereocenters. The number of nitrogens with zero attached hydrogens (tertiary/aromatic N) is 2. The van der Waals surface area contributed by atoms with Crippen LogP contribution in [0.2, 0.25) is 5.02 Å². The number of methoxy groups -OCH3 is 1. The van der Waals surface area contributed by atoms with Crippen molar-refractivity contribution in [2.75, 3.05) is 39.9 Å². The molecule has 8 heteroatoms. The summed E-state index contributed by atoms with van der Waals surface area (Å²) in [6.07, 6.45) is 0. The highest BCUT2D eigenvalue weighted by Crippen LogP contribution is 2.16. The Balaban J connectivity index is 1.52. The maximum atomic E-state index is 12.7. The number of carbonyl (C=O) groups is 3. The van der Waals surface area contributed by atoms with Crippen molar-refractivity contribution in [2.24, 2.45) is 0 Å². The van der Waals surface area contributed by atoms with E-state index in [9.17, 15) is 14.4 Å². The molecular formula is C21H21ClN2O5. The van der Waals surface area contributed by atoms with E-state index >= 15 is 0 Å². The van der Waals surface area contributed by atoms with Crippen LogP contribution in [-0.4, -0.2) is 67.5 Å². The SMILES string of the molecule is COC(=O)c1cccc(C(=O)N2CCN(C(=O)COc3ccc(Cl)cc3)CC2)c1. The van der Waals surface area contributed by atoms with Crippen molar-refractivity contribution in [3.05, 3.63) is 64.7 Å². The van der Waals surface area contributed by atoms with Crippen LogP contribution in [0.15, 0.2) is 48.5 Å². The van der Waals surface area contributed by atoms with Gasteiger partial charge in [-0.25, -0.2) is 4.79 Å². The van der Waals surface area contributed by atoms with Gasteiger partial charge in [0.05, 0.1) is 12.7 Å². The minimum absolute atomic E-state index is 0.0727. The predicted molar refractivity (Wildman–Crippen MR) is 107 cm³/mol. The molecule has 29 heavy (non-hydrogen) atoms. The number of piperazine rings is 1. The van der Waals surface area contributed by atoms with Gasteiger partial charge in [0, 0.05) is 36.8 Å². The Bertz CT molecular complexity index is 892. The van der Waals surface area contributed by atoms with Gasteiger partial charge in [-0.15, -0.1) is 0 Å². The molecule has 7 nitrogen and oxygen atoms in total. The summed E-state index contributed by atoms with van der Waals surface area (Å²) in [6.45, 7) is 1.59. The number of ether oxygens (including phenoxy) is 2. The lowest BCUT2D eigenvalue weighted by Gasteiger charge is -2.34. The van der Waals surface area contributed by atoms with Crippen LogP contribution < -0.4 is 4.74 Å². The van der Waals surface area contributed by atoms with E-state index in [0.29, 0.717) is 48.1 Å². The highest BCUT2D eigenvalue weighted by atomic mass is 35.5. The van der Waals surface area contributed by atoms with Gasteiger partial charge < -0.3 is 19.3 Å². The van der Waals surface area contributed by atoms with Gasteiger partial charge in [-0.05, 0) is 42.5 Å². The summed E-state index contributed by atoms with van der Waals surface area (Å²) < 4.78 is 10.2. The van der Waals surface area contributed by atoms with Crippen LogP contribution in [0.5, 0.6) is 5.75 Å². The Morgan fingerprint density at radius 3 is 2.21 bits per heavy atom. The van der Waals surface area contributed by atoms with Crippen molar-refractivity contribution in [3.8, 4) is 5.75 Å². The normalized spacial score (nSPS) is 13.7. The smallest absolute Gasteiger partial charge is 0.337 e. The third kappa shape index (κ3) is 5.26. The standard InChI is InChI=1S/C21H21ClN2O5/c1-28-21(27)16-4-2-3-15(13-16)20(26)24-11-9-23(10-12-24)19(25)14-29-18-7-5-17(22)6-8-18/h2-8,13H,9-12,14H2,1H3. The lowest BCUT2D eigenvalue weighted by atomic mass is 10.1. The van der Waals surface area contributed by atoms with Gasteiger partial charge in [0.2, 0.25) is 0 Å². The van der Waals surface area contributed by atoms with Crippen molar-refractivity contribution in [2.45, 2.75) is 0 Å². The monoisotopic (exact) mass is 416 g/mol. The fraction of sp³-hybridized carbons (Fsp3) is 0.286. The van der Waals surface area contributed by atoms with Crippen molar-refractivity contribution in [3.63, 3.8) is 0 Å². The molecule has 2 aromatic carbocycles. The van der Waals surface area contributed by atoms with Crippen molar-refractivity contribution in [1.29, 1.82) is 0 Å². The molecule has 2 amide bonds. The summed E-state index contributed by atoms with van der Waals surface area (Å²) >= 11 is 5.83. The van der Waals surface area contributed by atoms with Crippen LogP contribution in [0.4, 0.5) is 0 Å². The Morgan fingerprint density at radius 2 is 1.55 bits per heavy atom. The molecule has 0 saturated carbocycles. The highest BCUT2D eigenvalue weighted by Gasteiger charge is 2.25. The van der Waals surface area contributed by atoms with Gasteiger partial charge in [0.25, 0.3) is 11.8 Å². The second-order valence-corrected chi connectivity index (χ2v) is 6.92. The number of amides is 2. The minimum atomic E-state index is -0.490. The molecule has 0 spiro atoms. The number of hydrogen-bond donors (Lipinski definition) is 0. The number of halogens is 1. The van der Waals surface area contributed by atoms with Crippen LogP contribution in [-0.2, 0) is 9.53 Å². The highest BCUT2D eigenvalue weighted by molar-refractivity contribution is 6.30. The first-order chi connectivity index (χ1) is 14.0. The molecule has 1 aliphatic heterocycles. The van der Waals surface area contributed by atoms with E-state index in [1.54, 1.807) is 52.3 Å². The molecule has 0 aliphatic carbocycles.